The van der Waals surface area contributed by atoms with Crippen LogP contribution in [0.15, 0.2) is 23.1 Å². The summed E-state index contributed by atoms with van der Waals surface area (Å²) in [5.41, 5.74) is 0. The average molecular weight is 392 g/mol. The number of benzene rings is 1. The summed E-state index contributed by atoms with van der Waals surface area (Å²) < 4.78 is 27.2. The smallest absolute Gasteiger partial charge is 0.246 e. The third-order valence-electron chi connectivity index (χ3n) is 4.82. The van der Waals surface area contributed by atoms with E-state index in [-0.39, 0.29) is 14.9 Å². The van der Waals surface area contributed by atoms with Gasteiger partial charge in [0, 0.05) is 32.7 Å². The molecule has 1 aromatic carbocycles. The Bertz CT molecular complexity index is 650. The molecule has 2 aliphatic rings. The fourth-order valence-corrected chi connectivity index (χ4v) is 5.95. The van der Waals surface area contributed by atoms with Crippen LogP contribution < -0.4 is 5.32 Å². The number of hydrogen-bond acceptors (Lipinski definition) is 4. The van der Waals surface area contributed by atoms with Crippen molar-refractivity contribution in [3.8, 4) is 0 Å². The highest BCUT2D eigenvalue weighted by molar-refractivity contribution is 7.89. The zero-order valence-corrected chi connectivity index (χ0v) is 15.9. The molecule has 0 radical (unpaired) electrons. The fraction of sp³-hybridized carbons (Fsp3) is 0.625. The predicted molar refractivity (Wildman–Crippen MR) is 97.3 cm³/mol. The number of sulfonamides is 1. The molecule has 134 valence electrons. The van der Waals surface area contributed by atoms with Crippen LogP contribution in [0.1, 0.15) is 12.8 Å². The second-order valence-corrected chi connectivity index (χ2v) is 9.14. The van der Waals surface area contributed by atoms with Crippen LogP contribution in [0.2, 0.25) is 10.0 Å². The van der Waals surface area contributed by atoms with E-state index in [1.807, 2.05) is 0 Å². The van der Waals surface area contributed by atoms with Crippen LogP contribution in [0.25, 0.3) is 0 Å². The van der Waals surface area contributed by atoms with E-state index >= 15 is 0 Å². The van der Waals surface area contributed by atoms with Gasteiger partial charge in [-0.25, -0.2) is 8.42 Å². The van der Waals surface area contributed by atoms with Gasteiger partial charge in [0.05, 0.1) is 10.0 Å². The van der Waals surface area contributed by atoms with Gasteiger partial charge in [0.15, 0.2) is 0 Å². The number of nitrogens with one attached hydrogen (secondary N) is 1. The first kappa shape index (κ1) is 18.4. The Morgan fingerprint density at radius 3 is 2.21 bits per heavy atom. The van der Waals surface area contributed by atoms with E-state index in [4.69, 9.17) is 23.2 Å². The third-order valence-corrected chi connectivity index (χ3v) is 7.68. The first-order valence-corrected chi connectivity index (χ1v) is 10.6. The standard InChI is InChI=1S/C16H23Cl2N3O2S/c17-14-2-1-3-15(18)16(14)24(22,23)21-10-8-20(9-11-21)12-13-4-6-19-7-5-13/h1-3,13,19H,4-12H2. The van der Waals surface area contributed by atoms with Crippen molar-refractivity contribution in [3.63, 3.8) is 0 Å². The van der Waals surface area contributed by atoms with Crippen LogP contribution in [0.5, 0.6) is 0 Å². The molecule has 0 spiro atoms. The summed E-state index contributed by atoms with van der Waals surface area (Å²) in [5.74, 6) is 0.715. The molecule has 2 heterocycles. The molecule has 1 aromatic rings. The molecule has 3 rings (SSSR count). The largest absolute Gasteiger partial charge is 0.317 e. The first-order chi connectivity index (χ1) is 11.5. The molecule has 2 aliphatic heterocycles. The molecule has 0 atom stereocenters. The summed E-state index contributed by atoms with van der Waals surface area (Å²) in [5, 5.41) is 3.74. The Hall–Kier alpha value is -0.370. The van der Waals surface area contributed by atoms with E-state index in [0.29, 0.717) is 19.0 Å². The average Bonchev–Trinajstić information content (AvgIpc) is 2.56. The minimum Gasteiger partial charge on any atom is -0.317 e. The summed E-state index contributed by atoms with van der Waals surface area (Å²) in [4.78, 5) is 2.40. The van der Waals surface area contributed by atoms with E-state index < -0.39 is 10.0 Å². The van der Waals surface area contributed by atoms with E-state index in [9.17, 15) is 8.42 Å². The van der Waals surface area contributed by atoms with Gasteiger partial charge in [-0.2, -0.15) is 4.31 Å². The number of piperidine rings is 1. The van der Waals surface area contributed by atoms with E-state index in [2.05, 4.69) is 10.2 Å². The van der Waals surface area contributed by atoms with Crippen LogP contribution >= 0.6 is 23.2 Å². The van der Waals surface area contributed by atoms with Crippen molar-refractivity contribution in [1.29, 1.82) is 0 Å². The molecule has 1 N–H and O–H groups in total. The second kappa shape index (κ2) is 7.89. The lowest BCUT2D eigenvalue weighted by atomic mass is 9.97. The van der Waals surface area contributed by atoms with Crippen LogP contribution in [0.3, 0.4) is 0 Å². The highest BCUT2D eigenvalue weighted by Gasteiger charge is 2.32. The van der Waals surface area contributed by atoms with E-state index in [1.54, 1.807) is 18.2 Å². The second-order valence-electron chi connectivity index (χ2n) is 6.45. The zero-order valence-electron chi connectivity index (χ0n) is 13.5. The van der Waals surface area contributed by atoms with Gasteiger partial charge in [0.2, 0.25) is 10.0 Å². The minimum absolute atomic E-state index is 0.0279. The SMILES string of the molecule is O=S(=O)(c1c(Cl)cccc1Cl)N1CCN(CC2CCNCC2)CC1. The molecule has 2 fully saturated rings. The Balaban J connectivity index is 1.63. The van der Waals surface area contributed by atoms with Crippen LogP contribution in [-0.4, -0.2) is 63.4 Å². The lowest BCUT2D eigenvalue weighted by Gasteiger charge is -2.36. The molecule has 0 unspecified atom stereocenters. The zero-order chi connectivity index (χ0) is 17.2. The van der Waals surface area contributed by atoms with Crippen molar-refractivity contribution in [1.82, 2.24) is 14.5 Å². The number of hydrogen-bond donors (Lipinski definition) is 1. The minimum atomic E-state index is -3.65. The lowest BCUT2D eigenvalue weighted by molar-refractivity contribution is 0.152. The third kappa shape index (κ3) is 4.06. The van der Waals surface area contributed by atoms with Crippen molar-refractivity contribution in [3.05, 3.63) is 28.2 Å². The Morgan fingerprint density at radius 2 is 1.62 bits per heavy atom. The highest BCUT2D eigenvalue weighted by atomic mass is 35.5. The van der Waals surface area contributed by atoms with Gasteiger partial charge in [-0.1, -0.05) is 29.3 Å². The number of halogens is 2. The van der Waals surface area contributed by atoms with Gasteiger partial charge in [0.25, 0.3) is 0 Å². The Kier molecular flexibility index (Phi) is 6.06. The molecular weight excluding hydrogens is 369 g/mol. The molecule has 24 heavy (non-hydrogen) atoms. The van der Waals surface area contributed by atoms with Crippen LogP contribution in [-0.2, 0) is 10.0 Å². The molecule has 2 saturated heterocycles. The van der Waals surface area contributed by atoms with Crippen LogP contribution in [0.4, 0.5) is 0 Å². The van der Waals surface area contributed by atoms with Gasteiger partial charge in [-0.3, -0.25) is 0 Å². The summed E-state index contributed by atoms with van der Waals surface area (Å²) in [7, 11) is -3.65. The molecule has 0 bridgehead atoms. The van der Waals surface area contributed by atoms with Crippen molar-refractivity contribution in [2.75, 3.05) is 45.8 Å². The molecular formula is C16H23Cl2N3O2S. The van der Waals surface area contributed by atoms with Crippen LogP contribution in [0, 0.1) is 5.92 Å². The molecule has 0 amide bonds. The summed E-state index contributed by atoms with van der Waals surface area (Å²) in [6.45, 7) is 5.70. The van der Waals surface area contributed by atoms with Crippen molar-refractivity contribution in [2.24, 2.45) is 5.92 Å². The van der Waals surface area contributed by atoms with E-state index in [0.717, 1.165) is 32.7 Å². The lowest BCUT2D eigenvalue weighted by Crippen LogP contribution is -2.50. The van der Waals surface area contributed by atoms with Gasteiger partial charge in [-0.15, -0.1) is 0 Å². The van der Waals surface area contributed by atoms with Gasteiger partial charge < -0.3 is 10.2 Å². The number of nitrogens with zero attached hydrogens (tertiary/aromatic N) is 2. The summed E-state index contributed by atoms with van der Waals surface area (Å²) >= 11 is 12.2. The maximum Gasteiger partial charge on any atom is 0.246 e. The van der Waals surface area contributed by atoms with Crippen molar-refractivity contribution in [2.45, 2.75) is 17.7 Å². The maximum atomic E-state index is 12.9. The van der Waals surface area contributed by atoms with E-state index in [1.165, 1.54) is 17.1 Å². The number of piperazine rings is 1. The molecule has 0 aliphatic carbocycles. The van der Waals surface area contributed by atoms with Crippen molar-refractivity contribution < 1.29 is 8.42 Å². The van der Waals surface area contributed by atoms with Gasteiger partial charge in [0.1, 0.15) is 4.90 Å². The van der Waals surface area contributed by atoms with Gasteiger partial charge >= 0.3 is 0 Å². The van der Waals surface area contributed by atoms with Crippen molar-refractivity contribution >= 4 is 33.2 Å². The Morgan fingerprint density at radius 1 is 1.04 bits per heavy atom. The highest BCUT2D eigenvalue weighted by Crippen LogP contribution is 2.32. The normalized spacial score (nSPS) is 21.9. The molecule has 5 nitrogen and oxygen atoms in total. The van der Waals surface area contributed by atoms with Gasteiger partial charge in [-0.05, 0) is 44.0 Å². The fourth-order valence-electron chi connectivity index (χ4n) is 3.44. The first-order valence-electron chi connectivity index (χ1n) is 8.36. The quantitative estimate of drug-likeness (QED) is 0.855. The molecule has 0 saturated carbocycles. The summed E-state index contributed by atoms with van der Waals surface area (Å²) in [6.07, 6.45) is 2.40. The monoisotopic (exact) mass is 391 g/mol. The molecule has 0 aromatic heterocycles. The predicted octanol–water partition coefficient (Wildman–Crippen LogP) is 2.30. The number of rotatable bonds is 4. The molecule has 8 heteroatoms. The maximum absolute atomic E-state index is 12.9. The Labute approximate surface area is 154 Å². The topological polar surface area (TPSA) is 52.7 Å². The summed E-state index contributed by atoms with van der Waals surface area (Å²) in [6, 6.07) is 4.78.